The second-order valence-corrected chi connectivity index (χ2v) is 7.16. The highest BCUT2D eigenvalue weighted by Crippen LogP contribution is 2.22. The summed E-state index contributed by atoms with van der Waals surface area (Å²) < 4.78 is 0. The van der Waals surface area contributed by atoms with Crippen LogP contribution in [0, 0.1) is 0 Å². The van der Waals surface area contributed by atoms with E-state index in [0.29, 0.717) is 17.9 Å². The standard InChI is InChI=1S/C23H25N5O/c29-23(27-19-6-8-20(9-7-19)28-15-2-1-3-16-28)21-5-4-12-25-22(21)26-17-18-10-13-24-14-11-18/h4-14H,1-3,15-17H2,(H,25,26)(H,27,29). The van der Waals surface area contributed by atoms with Gasteiger partial charge in [-0.15, -0.1) is 0 Å². The maximum absolute atomic E-state index is 12.8. The van der Waals surface area contributed by atoms with E-state index in [9.17, 15) is 4.79 Å². The molecular weight excluding hydrogens is 362 g/mol. The van der Waals surface area contributed by atoms with E-state index in [2.05, 4.69) is 37.6 Å². The second kappa shape index (κ2) is 9.19. The lowest BCUT2D eigenvalue weighted by molar-refractivity contribution is 0.102. The average Bonchev–Trinajstić information content (AvgIpc) is 2.80. The van der Waals surface area contributed by atoms with Crippen LogP contribution in [0.25, 0.3) is 0 Å². The van der Waals surface area contributed by atoms with Crippen LogP contribution in [-0.4, -0.2) is 29.0 Å². The van der Waals surface area contributed by atoms with Crippen molar-refractivity contribution in [3.63, 3.8) is 0 Å². The van der Waals surface area contributed by atoms with Gasteiger partial charge in [-0.25, -0.2) is 4.98 Å². The zero-order chi connectivity index (χ0) is 19.9. The topological polar surface area (TPSA) is 70.2 Å². The number of carbonyl (C=O) groups excluding carboxylic acids is 1. The summed E-state index contributed by atoms with van der Waals surface area (Å²) in [5, 5.41) is 6.22. The van der Waals surface area contributed by atoms with Crippen molar-refractivity contribution in [3.8, 4) is 0 Å². The van der Waals surface area contributed by atoms with E-state index in [1.54, 1.807) is 30.7 Å². The van der Waals surface area contributed by atoms with E-state index in [0.717, 1.165) is 24.3 Å². The Morgan fingerprint density at radius 3 is 2.45 bits per heavy atom. The van der Waals surface area contributed by atoms with Crippen molar-refractivity contribution in [2.45, 2.75) is 25.8 Å². The van der Waals surface area contributed by atoms with Gasteiger partial charge in [0.25, 0.3) is 5.91 Å². The van der Waals surface area contributed by atoms with E-state index in [1.165, 1.54) is 24.9 Å². The Hall–Kier alpha value is -3.41. The summed E-state index contributed by atoms with van der Waals surface area (Å²) in [5.74, 6) is 0.382. The quantitative estimate of drug-likeness (QED) is 0.659. The SMILES string of the molecule is O=C(Nc1ccc(N2CCCCC2)cc1)c1cccnc1NCc1ccncc1. The molecule has 3 heterocycles. The molecule has 1 aliphatic rings. The monoisotopic (exact) mass is 387 g/mol. The number of aromatic nitrogens is 2. The summed E-state index contributed by atoms with van der Waals surface area (Å²) in [6, 6.07) is 15.5. The van der Waals surface area contributed by atoms with Gasteiger partial charge in [-0.3, -0.25) is 9.78 Å². The highest BCUT2D eigenvalue weighted by Gasteiger charge is 2.14. The molecule has 1 saturated heterocycles. The second-order valence-electron chi connectivity index (χ2n) is 7.16. The van der Waals surface area contributed by atoms with Gasteiger partial charge in [0, 0.05) is 49.6 Å². The number of rotatable bonds is 6. The Kier molecular flexibility index (Phi) is 6.00. The maximum atomic E-state index is 12.8. The molecule has 0 radical (unpaired) electrons. The number of nitrogens with one attached hydrogen (secondary N) is 2. The minimum absolute atomic E-state index is 0.180. The summed E-state index contributed by atoms with van der Waals surface area (Å²) in [7, 11) is 0. The Morgan fingerprint density at radius 2 is 1.69 bits per heavy atom. The fourth-order valence-corrected chi connectivity index (χ4v) is 3.52. The molecule has 29 heavy (non-hydrogen) atoms. The highest BCUT2D eigenvalue weighted by molar-refractivity contribution is 6.07. The molecule has 2 aromatic heterocycles. The summed E-state index contributed by atoms with van der Waals surface area (Å²) in [6.07, 6.45) is 8.98. The van der Waals surface area contributed by atoms with Gasteiger partial charge in [0.1, 0.15) is 5.82 Å². The molecule has 1 fully saturated rings. The van der Waals surface area contributed by atoms with Crippen molar-refractivity contribution in [1.82, 2.24) is 9.97 Å². The molecule has 2 N–H and O–H groups in total. The molecule has 0 aliphatic carbocycles. The summed E-state index contributed by atoms with van der Waals surface area (Å²) in [5.41, 5.74) is 3.58. The van der Waals surface area contributed by atoms with E-state index < -0.39 is 0 Å². The average molecular weight is 387 g/mol. The number of hydrogen-bond donors (Lipinski definition) is 2. The number of carbonyl (C=O) groups is 1. The zero-order valence-electron chi connectivity index (χ0n) is 16.3. The normalized spacial score (nSPS) is 13.7. The third-order valence-corrected chi connectivity index (χ3v) is 5.11. The van der Waals surface area contributed by atoms with Crippen LogP contribution >= 0.6 is 0 Å². The molecule has 1 aliphatic heterocycles. The van der Waals surface area contributed by atoms with Gasteiger partial charge < -0.3 is 15.5 Å². The van der Waals surface area contributed by atoms with Crippen molar-refractivity contribution in [2.24, 2.45) is 0 Å². The van der Waals surface area contributed by atoms with E-state index in [4.69, 9.17) is 0 Å². The molecular formula is C23H25N5O. The number of piperidine rings is 1. The van der Waals surface area contributed by atoms with Gasteiger partial charge in [-0.05, 0) is 73.4 Å². The van der Waals surface area contributed by atoms with Gasteiger partial charge >= 0.3 is 0 Å². The number of hydrogen-bond acceptors (Lipinski definition) is 5. The van der Waals surface area contributed by atoms with Crippen LogP contribution in [-0.2, 0) is 6.54 Å². The van der Waals surface area contributed by atoms with Crippen LogP contribution in [0.3, 0.4) is 0 Å². The molecule has 148 valence electrons. The van der Waals surface area contributed by atoms with Crippen LogP contribution in [0.15, 0.2) is 67.1 Å². The van der Waals surface area contributed by atoms with Gasteiger partial charge in [0.15, 0.2) is 0 Å². The first-order valence-corrected chi connectivity index (χ1v) is 10.0. The largest absolute Gasteiger partial charge is 0.372 e. The maximum Gasteiger partial charge on any atom is 0.259 e. The number of anilines is 3. The van der Waals surface area contributed by atoms with Crippen LogP contribution < -0.4 is 15.5 Å². The summed E-state index contributed by atoms with van der Waals surface area (Å²) >= 11 is 0. The van der Waals surface area contributed by atoms with E-state index in [1.807, 2.05) is 24.3 Å². The number of benzene rings is 1. The minimum atomic E-state index is -0.180. The lowest BCUT2D eigenvalue weighted by Crippen LogP contribution is -2.29. The van der Waals surface area contributed by atoms with Crippen molar-refractivity contribution in [3.05, 3.63) is 78.2 Å². The van der Waals surface area contributed by atoms with Crippen LogP contribution in [0.2, 0.25) is 0 Å². The van der Waals surface area contributed by atoms with Gasteiger partial charge in [-0.1, -0.05) is 0 Å². The predicted octanol–water partition coefficient (Wildman–Crippen LogP) is 4.33. The fraction of sp³-hybridized carbons (Fsp3) is 0.261. The van der Waals surface area contributed by atoms with E-state index >= 15 is 0 Å². The molecule has 3 aromatic rings. The van der Waals surface area contributed by atoms with Crippen LogP contribution in [0.4, 0.5) is 17.2 Å². The molecule has 0 saturated carbocycles. The highest BCUT2D eigenvalue weighted by atomic mass is 16.1. The first-order chi connectivity index (χ1) is 14.3. The van der Waals surface area contributed by atoms with Crippen molar-refractivity contribution in [2.75, 3.05) is 28.6 Å². The first kappa shape index (κ1) is 18.9. The molecule has 6 nitrogen and oxygen atoms in total. The smallest absolute Gasteiger partial charge is 0.259 e. The molecule has 1 aromatic carbocycles. The number of amides is 1. The summed E-state index contributed by atoms with van der Waals surface area (Å²) in [4.78, 5) is 23.6. The fourth-order valence-electron chi connectivity index (χ4n) is 3.52. The molecule has 1 amide bonds. The van der Waals surface area contributed by atoms with Crippen molar-refractivity contribution < 1.29 is 4.79 Å². The van der Waals surface area contributed by atoms with Crippen LogP contribution in [0.5, 0.6) is 0 Å². The third kappa shape index (κ3) is 4.90. The Balaban J connectivity index is 1.41. The molecule has 6 heteroatoms. The van der Waals surface area contributed by atoms with Gasteiger partial charge in [0.05, 0.1) is 5.56 Å². The van der Waals surface area contributed by atoms with E-state index in [-0.39, 0.29) is 5.91 Å². The minimum Gasteiger partial charge on any atom is -0.372 e. The zero-order valence-corrected chi connectivity index (χ0v) is 16.3. The molecule has 0 bridgehead atoms. The lowest BCUT2D eigenvalue weighted by Gasteiger charge is -2.28. The van der Waals surface area contributed by atoms with Crippen molar-refractivity contribution >= 4 is 23.1 Å². The molecule has 0 spiro atoms. The number of nitrogens with zero attached hydrogens (tertiary/aromatic N) is 3. The summed E-state index contributed by atoms with van der Waals surface area (Å²) in [6.45, 7) is 2.78. The van der Waals surface area contributed by atoms with Gasteiger partial charge in [-0.2, -0.15) is 0 Å². The molecule has 0 unspecified atom stereocenters. The van der Waals surface area contributed by atoms with Crippen LogP contribution in [0.1, 0.15) is 35.2 Å². The molecule has 4 rings (SSSR count). The first-order valence-electron chi connectivity index (χ1n) is 10.0. The van der Waals surface area contributed by atoms with Gasteiger partial charge in [0.2, 0.25) is 0 Å². The predicted molar refractivity (Wildman–Crippen MR) is 116 cm³/mol. The molecule has 0 atom stereocenters. The Morgan fingerprint density at radius 1 is 0.931 bits per heavy atom. The lowest BCUT2D eigenvalue weighted by atomic mass is 10.1. The number of pyridine rings is 2. The Labute approximate surface area is 171 Å². The van der Waals surface area contributed by atoms with Crippen molar-refractivity contribution in [1.29, 1.82) is 0 Å². The Bertz CT molecular complexity index is 937. The third-order valence-electron chi connectivity index (χ3n) is 5.11.